The molecule has 0 saturated carbocycles. The first-order valence-electron chi connectivity index (χ1n) is 7.12. The molecule has 122 valence electrons. The highest BCUT2D eigenvalue weighted by molar-refractivity contribution is 6.31. The third-order valence-electron chi connectivity index (χ3n) is 3.35. The maximum Gasteiger partial charge on any atom is 0.238 e. The van der Waals surface area contributed by atoms with Gasteiger partial charge >= 0.3 is 0 Å². The number of methoxy groups -OCH3 is 1. The third kappa shape index (κ3) is 5.13. The summed E-state index contributed by atoms with van der Waals surface area (Å²) < 4.78 is 5.20. The summed E-state index contributed by atoms with van der Waals surface area (Å²) in [5.74, 6) is 0.380. The Morgan fingerprint density at radius 2 is 1.91 bits per heavy atom. The van der Waals surface area contributed by atoms with E-state index in [2.05, 4.69) is 10.6 Å². The zero-order valence-corrected chi connectivity index (χ0v) is 14.4. The number of halogens is 2. The van der Waals surface area contributed by atoms with Crippen molar-refractivity contribution in [3.05, 3.63) is 58.1 Å². The van der Waals surface area contributed by atoms with Crippen LogP contribution in [-0.2, 0) is 4.79 Å². The van der Waals surface area contributed by atoms with E-state index >= 15 is 0 Å². The van der Waals surface area contributed by atoms with Gasteiger partial charge in [-0.1, -0.05) is 35.3 Å². The van der Waals surface area contributed by atoms with Crippen LogP contribution in [0.3, 0.4) is 0 Å². The van der Waals surface area contributed by atoms with Gasteiger partial charge in [0.25, 0.3) is 0 Å². The molecule has 23 heavy (non-hydrogen) atoms. The summed E-state index contributed by atoms with van der Waals surface area (Å²) in [4.78, 5) is 12.1. The number of nitrogens with one attached hydrogen (secondary N) is 2. The number of carbonyl (C=O) groups is 1. The smallest absolute Gasteiger partial charge is 0.238 e. The number of anilines is 1. The van der Waals surface area contributed by atoms with Crippen molar-refractivity contribution < 1.29 is 9.53 Å². The fourth-order valence-corrected chi connectivity index (χ4v) is 2.48. The molecule has 0 radical (unpaired) electrons. The van der Waals surface area contributed by atoms with E-state index in [-0.39, 0.29) is 18.5 Å². The first kappa shape index (κ1) is 17.6. The molecule has 1 atom stereocenters. The van der Waals surface area contributed by atoms with Crippen molar-refractivity contribution in [3.8, 4) is 5.75 Å². The van der Waals surface area contributed by atoms with E-state index in [4.69, 9.17) is 27.9 Å². The molecule has 1 amide bonds. The zero-order valence-electron chi connectivity index (χ0n) is 12.9. The second-order valence-electron chi connectivity index (χ2n) is 5.05. The molecule has 0 spiro atoms. The van der Waals surface area contributed by atoms with Crippen molar-refractivity contribution in [2.24, 2.45) is 0 Å². The summed E-state index contributed by atoms with van der Waals surface area (Å²) in [6, 6.07) is 12.6. The largest absolute Gasteiger partial charge is 0.495 e. The Kier molecular flexibility index (Phi) is 6.28. The number of benzene rings is 2. The van der Waals surface area contributed by atoms with Gasteiger partial charge in [0.1, 0.15) is 5.75 Å². The number of amides is 1. The Balaban J connectivity index is 1.94. The summed E-state index contributed by atoms with van der Waals surface area (Å²) >= 11 is 11.9. The molecule has 0 aliphatic rings. The summed E-state index contributed by atoms with van der Waals surface area (Å²) in [7, 11) is 1.54. The first-order valence-corrected chi connectivity index (χ1v) is 7.87. The van der Waals surface area contributed by atoms with E-state index < -0.39 is 0 Å². The van der Waals surface area contributed by atoms with Crippen LogP contribution in [0.15, 0.2) is 42.5 Å². The zero-order chi connectivity index (χ0) is 16.8. The number of hydrogen-bond acceptors (Lipinski definition) is 3. The number of ether oxygens (including phenoxy) is 1. The van der Waals surface area contributed by atoms with Crippen LogP contribution in [-0.4, -0.2) is 19.6 Å². The first-order chi connectivity index (χ1) is 11.0. The third-order valence-corrected chi connectivity index (χ3v) is 3.82. The summed E-state index contributed by atoms with van der Waals surface area (Å²) in [6.45, 7) is 2.13. The molecule has 0 heterocycles. The molecule has 0 saturated heterocycles. The Bertz CT molecular complexity index is 692. The SMILES string of the molecule is COc1ccc(Cl)cc1NC(=O)CN[C@H](C)c1cccc(Cl)c1. The molecule has 0 aliphatic carbocycles. The average Bonchev–Trinajstić information content (AvgIpc) is 2.53. The number of hydrogen-bond donors (Lipinski definition) is 2. The lowest BCUT2D eigenvalue weighted by Gasteiger charge is -2.15. The van der Waals surface area contributed by atoms with Gasteiger partial charge < -0.3 is 15.4 Å². The van der Waals surface area contributed by atoms with Gasteiger partial charge in [0.2, 0.25) is 5.91 Å². The van der Waals surface area contributed by atoms with E-state index in [0.717, 1.165) is 5.56 Å². The summed E-state index contributed by atoms with van der Waals surface area (Å²) in [6.07, 6.45) is 0. The maximum absolute atomic E-state index is 12.1. The van der Waals surface area contributed by atoms with Crippen molar-refractivity contribution in [1.82, 2.24) is 5.32 Å². The van der Waals surface area contributed by atoms with Crippen LogP contribution in [0.1, 0.15) is 18.5 Å². The summed E-state index contributed by atoms with van der Waals surface area (Å²) in [5.41, 5.74) is 1.56. The quantitative estimate of drug-likeness (QED) is 0.815. The Labute approximate surface area is 145 Å². The Morgan fingerprint density at radius 1 is 1.17 bits per heavy atom. The average molecular weight is 353 g/mol. The maximum atomic E-state index is 12.1. The molecule has 2 N–H and O–H groups in total. The Hall–Kier alpha value is -1.75. The second-order valence-corrected chi connectivity index (χ2v) is 5.92. The highest BCUT2D eigenvalue weighted by Crippen LogP contribution is 2.27. The minimum Gasteiger partial charge on any atom is -0.495 e. The van der Waals surface area contributed by atoms with Crippen molar-refractivity contribution in [3.63, 3.8) is 0 Å². The molecule has 0 unspecified atom stereocenters. The van der Waals surface area contributed by atoms with E-state index in [1.165, 1.54) is 0 Å². The lowest BCUT2D eigenvalue weighted by Crippen LogP contribution is -2.30. The minimum absolute atomic E-state index is 0.000655. The van der Waals surface area contributed by atoms with Gasteiger partial charge in [-0.25, -0.2) is 0 Å². The molecule has 0 aliphatic heterocycles. The minimum atomic E-state index is -0.181. The van der Waals surface area contributed by atoms with Crippen molar-refractivity contribution in [2.45, 2.75) is 13.0 Å². The molecule has 4 nitrogen and oxygen atoms in total. The van der Waals surface area contributed by atoms with E-state index in [1.54, 1.807) is 25.3 Å². The molecule has 6 heteroatoms. The lowest BCUT2D eigenvalue weighted by atomic mass is 10.1. The molecule has 0 fully saturated rings. The molecule has 0 bridgehead atoms. The van der Waals surface area contributed by atoms with Crippen LogP contribution in [0.5, 0.6) is 5.75 Å². The van der Waals surface area contributed by atoms with Crippen molar-refractivity contribution in [1.29, 1.82) is 0 Å². The molecule has 0 aromatic heterocycles. The van der Waals surface area contributed by atoms with Crippen molar-refractivity contribution >= 4 is 34.8 Å². The fourth-order valence-electron chi connectivity index (χ4n) is 2.11. The van der Waals surface area contributed by atoms with Crippen LogP contribution in [0.2, 0.25) is 10.0 Å². The molecule has 2 rings (SSSR count). The van der Waals surface area contributed by atoms with Gasteiger partial charge in [-0.05, 0) is 42.8 Å². The second kappa shape index (κ2) is 8.20. The van der Waals surface area contributed by atoms with E-state index in [1.807, 2.05) is 31.2 Å². The van der Waals surface area contributed by atoms with Gasteiger partial charge in [0, 0.05) is 16.1 Å². The highest BCUT2D eigenvalue weighted by Gasteiger charge is 2.11. The molecular formula is C17H18Cl2N2O2. The van der Waals surface area contributed by atoms with Gasteiger partial charge in [0.15, 0.2) is 0 Å². The van der Waals surface area contributed by atoms with Gasteiger partial charge in [0.05, 0.1) is 19.3 Å². The predicted molar refractivity (Wildman–Crippen MR) is 94.5 cm³/mol. The van der Waals surface area contributed by atoms with Crippen LogP contribution in [0, 0.1) is 0 Å². The molecule has 2 aromatic rings. The lowest BCUT2D eigenvalue weighted by molar-refractivity contribution is -0.115. The standard InChI is InChI=1S/C17H18Cl2N2O2/c1-11(12-4-3-5-13(18)8-12)20-10-17(22)21-15-9-14(19)6-7-16(15)23-2/h3-9,11,20H,10H2,1-2H3,(H,21,22)/t11-/m1/s1. The van der Waals surface area contributed by atoms with E-state index in [9.17, 15) is 4.79 Å². The monoisotopic (exact) mass is 352 g/mol. The van der Waals surface area contributed by atoms with E-state index in [0.29, 0.717) is 21.5 Å². The normalized spacial score (nSPS) is 11.8. The van der Waals surface area contributed by atoms with Crippen LogP contribution in [0.4, 0.5) is 5.69 Å². The predicted octanol–water partition coefficient (Wildman–Crippen LogP) is 4.29. The molecule has 2 aromatic carbocycles. The van der Waals surface area contributed by atoms with Gasteiger partial charge in [-0.3, -0.25) is 4.79 Å². The fraction of sp³-hybridized carbons (Fsp3) is 0.235. The Morgan fingerprint density at radius 3 is 2.61 bits per heavy atom. The number of rotatable bonds is 6. The van der Waals surface area contributed by atoms with Crippen LogP contribution in [0.25, 0.3) is 0 Å². The summed E-state index contributed by atoms with van der Waals surface area (Å²) in [5, 5.41) is 7.14. The van der Waals surface area contributed by atoms with Gasteiger partial charge in [-0.2, -0.15) is 0 Å². The topological polar surface area (TPSA) is 50.4 Å². The highest BCUT2D eigenvalue weighted by atomic mass is 35.5. The molecular weight excluding hydrogens is 335 g/mol. The number of carbonyl (C=O) groups excluding carboxylic acids is 1. The van der Waals surface area contributed by atoms with Crippen LogP contribution < -0.4 is 15.4 Å². The van der Waals surface area contributed by atoms with Crippen molar-refractivity contribution in [2.75, 3.05) is 19.0 Å². The van der Waals surface area contributed by atoms with Crippen LogP contribution >= 0.6 is 23.2 Å². The van der Waals surface area contributed by atoms with Gasteiger partial charge in [-0.15, -0.1) is 0 Å².